The fraction of sp³-hybridized carbons (Fsp3) is 0.250. The summed E-state index contributed by atoms with van der Waals surface area (Å²) >= 11 is 6.07. The van der Waals surface area contributed by atoms with Gasteiger partial charge in [-0.3, -0.25) is 19.3 Å². The molecule has 5 rings (SSSR count). The van der Waals surface area contributed by atoms with Crippen LogP contribution in [0.2, 0.25) is 5.02 Å². The number of amides is 3. The number of benzene rings is 2. The molecule has 1 fully saturated rings. The third kappa shape index (κ3) is 3.66. The van der Waals surface area contributed by atoms with Crippen LogP contribution < -0.4 is 10.2 Å². The first-order chi connectivity index (χ1) is 15.9. The Kier molecular flexibility index (Phi) is 5.17. The number of carbonyl (C=O) groups is 3. The van der Waals surface area contributed by atoms with Crippen LogP contribution >= 0.6 is 11.6 Å². The predicted octanol–water partition coefficient (Wildman–Crippen LogP) is 3.52. The molecule has 1 saturated heterocycles. The molecule has 0 radical (unpaired) electrons. The van der Waals surface area contributed by atoms with Crippen LogP contribution in [0.15, 0.2) is 60.8 Å². The minimum atomic E-state index is -0.888. The van der Waals surface area contributed by atoms with Gasteiger partial charge in [0.25, 0.3) is 5.91 Å². The van der Waals surface area contributed by atoms with E-state index in [2.05, 4.69) is 10.4 Å². The number of nitrogens with one attached hydrogen (secondary N) is 1. The Morgan fingerprint density at radius 1 is 1.15 bits per heavy atom. The molecule has 0 bridgehead atoms. The molecule has 3 amide bonds. The summed E-state index contributed by atoms with van der Waals surface area (Å²) in [4.78, 5) is 42.2. The second-order valence-corrected chi connectivity index (χ2v) is 8.84. The van der Waals surface area contributed by atoms with Crippen molar-refractivity contribution in [2.45, 2.75) is 32.0 Å². The average Bonchev–Trinajstić information content (AvgIpc) is 3.35. The highest BCUT2D eigenvalue weighted by atomic mass is 35.5. The van der Waals surface area contributed by atoms with Gasteiger partial charge in [0.05, 0.1) is 24.0 Å². The molecular formula is C24H22ClN5O3. The summed E-state index contributed by atoms with van der Waals surface area (Å²) in [6, 6.07) is 16.1. The Bertz CT molecular complexity index is 1270. The zero-order chi connectivity index (χ0) is 23.2. The Labute approximate surface area is 195 Å². The number of aromatic nitrogens is 2. The maximum Gasteiger partial charge on any atom is 0.258 e. The molecule has 1 N–H and O–H groups in total. The van der Waals surface area contributed by atoms with E-state index >= 15 is 0 Å². The molecule has 9 heteroatoms. The van der Waals surface area contributed by atoms with Crippen molar-refractivity contribution >= 4 is 40.8 Å². The highest BCUT2D eigenvalue weighted by Gasteiger charge is 2.53. The minimum Gasteiger partial charge on any atom is -0.309 e. The van der Waals surface area contributed by atoms with E-state index in [1.54, 1.807) is 46.1 Å². The molecule has 0 aliphatic carbocycles. The van der Waals surface area contributed by atoms with Gasteiger partial charge in [0.1, 0.15) is 18.0 Å². The number of fused-ring (bicyclic) bond motifs is 3. The van der Waals surface area contributed by atoms with Gasteiger partial charge in [-0.2, -0.15) is 5.10 Å². The van der Waals surface area contributed by atoms with Crippen LogP contribution in [-0.4, -0.2) is 44.6 Å². The van der Waals surface area contributed by atoms with Crippen molar-refractivity contribution in [2.75, 3.05) is 16.8 Å². The molecule has 1 atom stereocenters. The second kappa shape index (κ2) is 8.04. The van der Waals surface area contributed by atoms with Crippen molar-refractivity contribution in [1.29, 1.82) is 0 Å². The summed E-state index contributed by atoms with van der Waals surface area (Å²) in [5, 5.41) is 7.77. The molecule has 1 aromatic heterocycles. The summed E-state index contributed by atoms with van der Waals surface area (Å²) in [6.45, 7) is 2.08. The van der Waals surface area contributed by atoms with E-state index in [0.717, 1.165) is 5.56 Å². The Morgan fingerprint density at radius 3 is 2.79 bits per heavy atom. The van der Waals surface area contributed by atoms with E-state index in [9.17, 15) is 14.4 Å². The first-order valence-corrected chi connectivity index (χ1v) is 11.0. The third-order valence-electron chi connectivity index (χ3n) is 6.25. The first kappa shape index (κ1) is 21.2. The lowest BCUT2D eigenvalue weighted by atomic mass is 9.98. The van der Waals surface area contributed by atoms with Gasteiger partial charge < -0.3 is 10.2 Å². The lowest BCUT2D eigenvalue weighted by molar-refractivity contribution is -0.120. The van der Waals surface area contributed by atoms with E-state index < -0.39 is 5.66 Å². The van der Waals surface area contributed by atoms with Gasteiger partial charge in [0.2, 0.25) is 11.8 Å². The molecule has 168 valence electrons. The van der Waals surface area contributed by atoms with Gasteiger partial charge in [-0.25, -0.2) is 4.68 Å². The Hall–Kier alpha value is -3.65. The second-order valence-electron chi connectivity index (χ2n) is 8.41. The van der Waals surface area contributed by atoms with Crippen molar-refractivity contribution < 1.29 is 14.4 Å². The molecule has 33 heavy (non-hydrogen) atoms. The highest BCUT2D eigenvalue weighted by molar-refractivity contribution is 6.30. The molecule has 2 aromatic carbocycles. The number of nitrogens with zero attached hydrogens (tertiary/aromatic N) is 4. The number of hydrogen-bond donors (Lipinski definition) is 1. The van der Waals surface area contributed by atoms with Crippen LogP contribution in [0.3, 0.4) is 0 Å². The molecular weight excluding hydrogens is 442 g/mol. The molecule has 8 nitrogen and oxygen atoms in total. The Morgan fingerprint density at radius 2 is 1.97 bits per heavy atom. The highest BCUT2D eigenvalue weighted by Crippen LogP contribution is 2.43. The fourth-order valence-corrected chi connectivity index (χ4v) is 4.85. The van der Waals surface area contributed by atoms with Gasteiger partial charge in [-0.1, -0.05) is 35.9 Å². The zero-order valence-corrected chi connectivity index (χ0v) is 18.7. The number of para-hydroxylation sites is 1. The number of hydrogen-bond acceptors (Lipinski definition) is 4. The molecule has 0 unspecified atom stereocenters. The largest absolute Gasteiger partial charge is 0.309 e. The summed E-state index contributed by atoms with van der Waals surface area (Å²) in [7, 11) is 0. The van der Waals surface area contributed by atoms with Crippen LogP contribution in [0.4, 0.5) is 11.5 Å². The third-order valence-corrected chi connectivity index (χ3v) is 6.49. The van der Waals surface area contributed by atoms with Crippen molar-refractivity contribution in [3.63, 3.8) is 0 Å². The SMILES string of the molecule is C[C@@]12CCC(=O)N1c1ccccc1C(=O)N2CC(=O)Nc1ccnn1Cc1cccc(Cl)c1. The minimum absolute atomic E-state index is 0.0533. The van der Waals surface area contributed by atoms with Crippen LogP contribution in [-0.2, 0) is 16.1 Å². The smallest absolute Gasteiger partial charge is 0.258 e. The average molecular weight is 464 g/mol. The topological polar surface area (TPSA) is 87.5 Å². The van der Waals surface area contributed by atoms with E-state index in [1.807, 2.05) is 31.2 Å². The van der Waals surface area contributed by atoms with Crippen LogP contribution in [0.25, 0.3) is 0 Å². The Balaban J connectivity index is 1.37. The lowest BCUT2D eigenvalue weighted by Crippen LogP contribution is -2.63. The van der Waals surface area contributed by atoms with Crippen molar-refractivity contribution in [3.8, 4) is 0 Å². The molecule has 2 aliphatic heterocycles. The first-order valence-electron chi connectivity index (χ1n) is 10.7. The van der Waals surface area contributed by atoms with Gasteiger partial charge in [-0.15, -0.1) is 0 Å². The maximum atomic E-state index is 13.3. The monoisotopic (exact) mass is 463 g/mol. The van der Waals surface area contributed by atoms with Gasteiger partial charge >= 0.3 is 0 Å². The van der Waals surface area contributed by atoms with Gasteiger partial charge in [-0.05, 0) is 43.2 Å². The number of rotatable bonds is 5. The summed E-state index contributed by atoms with van der Waals surface area (Å²) in [5.74, 6) is -0.172. The zero-order valence-electron chi connectivity index (χ0n) is 18.0. The summed E-state index contributed by atoms with van der Waals surface area (Å²) in [5.41, 5.74) is 1.07. The number of halogens is 1. The van der Waals surface area contributed by atoms with E-state index in [0.29, 0.717) is 41.5 Å². The van der Waals surface area contributed by atoms with E-state index in [-0.39, 0.29) is 24.3 Å². The number of anilines is 2. The molecule has 3 heterocycles. The quantitative estimate of drug-likeness (QED) is 0.627. The normalized spacial score (nSPS) is 19.5. The van der Waals surface area contributed by atoms with Crippen molar-refractivity contribution in [1.82, 2.24) is 14.7 Å². The predicted molar refractivity (Wildman–Crippen MR) is 124 cm³/mol. The molecule has 2 aliphatic rings. The van der Waals surface area contributed by atoms with Crippen LogP contribution in [0, 0.1) is 0 Å². The van der Waals surface area contributed by atoms with Crippen molar-refractivity contribution in [2.24, 2.45) is 0 Å². The molecule has 3 aromatic rings. The molecule has 0 spiro atoms. The van der Waals surface area contributed by atoms with Crippen LogP contribution in [0.5, 0.6) is 0 Å². The summed E-state index contributed by atoms with van der Waals surface area (Å²) in [6.07, 6.45) is 2.38. The lowest BCUT2D eigenvalue weighted by Gasteiger charge is -2.48. The molecule has 0 saturated carbocycles. The van der Waals surface area contributed by atoms with Gasteiger partial charge in [0, 0.05) is 17.5 Å². The standard InChI is InChI=1S/C24H22ClN5O3/c1-24-11-9-22(32)30(24)19-8-3-2-7-18(19)23(33)28(24)15-21(31)27-20-10-12-26-29(20)14-16-5-4-6-17(25)13-16/h2-8,10,12-13H,9,11,14-15H2,1H3,(H,27,31)/t24-/m0/s1. The maximum absolute atomic E-state index is 13.3. The van der Waals surface area contributed by atoms with Gasteiger partial charge in [0.15, 0.2) is 0 Å². The van der Waals surface area contributed by atoms with E-state index in [1.165, 1.54) is 4.90 Å². The fourth-order valence-electron chi connectivity index (χ4n) is 4.64. The van der Waals surface area contributed by atoms with Crippen LogP contribution in [0.1, 0.15) is 35.7 Å². The van der Waals surface area contributed by atoms with E-state index in [4.69, 9.17) is 11.6 Å². The summed E-state index contributed by atoms with van der Waals surface area (Å²) < 4.78 is 1.66. The number of carbonyl (C=O) groups excluding carboxylic acids is 3. The van der Waals surface area contributed by atoms with Crippen molar-refractivity contribution in [3.05, 3.63) is 76.9 Å².